The zero-order valence-electron chi connectivity index (χ0n) is 8.72. The molecule has 0 aliphatic rings. The second-order valence-corrected chi connectivity index (χ2v) is 6.06. The van der Waals surface area contributed by atoms with E-state index in [2.05, 4.69) is 9.97 Å². The van der Waals surface area contributed by atoms with E-state index < -0.39 is 4.17 Å². The second-order valence-electron chi connectivity index (χ2n) is 2.80. The van der Waals surface area contributed by atoms with Crippen LogP contribution in [0.5, 0.6) is 0 Å². The largest absolute Gasteiger partial charge is 0.368 e. The van der Waals surface area contributed by atoms with Crippen molar-refractivity contribution in [1.82, 2.24) is 9.97 Å². The standard InChI is InChI=1S/C6H5Cl2NS.C5H5NS/c7-6(8)10-5-1-3-9-4-2-5;7-5-1-3-6-4-2-5/h1-4,6H;1-4H,(H,6,7). The van der Waals surface area contributed by atoms with Crippen molar-refractivity contribution in [2.45, 2.75) is 9.06 Å². The molecule has 2 aromatic heterocycles. The summed E-state index contributed by atoms with van der Waals surface area (Å²) < 4.78 is 0.473. The minimum absolute atomic E-state index is 0.401. The number of rotatable bonds is 2. The smallest absolute Gasteiger partial charge is 0.157 e. The summed E-state index contributed by atoms with van der Waals surface area (Å²) >= 11 is 17.2. The molecule has 2 heterocycles. The zero-order chi connectivity index (χ0) is 12.5. The molecule has 90 valence electrons. The third kappa shape index (κ3) is 7.39. The molecule has 0 bridgehead atoms. The summed E-state index contributed by atoms with van der Waals surface area (Å²) in [6.45, 7) is 0. The number of H-pyrrole nitrogens is 1. The van der Waals surface area contributed by atoms with Crippen molar-refractivity contribution in [3.63, 3.8) is 0 Å². The Labute approximate surface area is 119 Å². The molecule has 0 aliphatic heterocycles. The first-order chi connectivity index (χ1) is 8.18. The minimum atomic E-state index is -0.401. The summed E-state index contributed by atoms with van der Waals surface area (Å²) in [4.78, 5) is 7.75. The van der Waals surface area contributed by atoms with Gasteiger partial charge < -0.3 is 4.98 Å². The summed E-state index contributed by atoms with van der Waals surface area (Å²) in [6, 6.07) is 7.41. The van der Waals surface area contributed by atoms with Crippen LogP contribution < -0.4 is 0 Å². The molecule has 0 aliphatic carbocycles. The Morgan fingerprint density at radius 3 is 2.12 bits per heavy atom. The van der Waals surface area contributed by atoms with E-state index in [1.807, 2.05) is 36.7 Å². The van der Waals surface area contributed by atoms with Crippen LogP contribution in [0.1, 0.15) is 0 Å². The van der Waals surface area contributed by atoms with Gasteiger partial charge in [0, 0.05) is 34.2 Å². The Hall–Kier alpha value is -0.550. The molecule has 0 saturated carbocycles. The van der Waals surface area contributed by atoms with Gasteiger partial charge in [0.2, 0.25) is 0 Å². The second kappa shape index (κ2) is 8.53. The van der Waals surface area contributed by atoms with Crippen molar-refractivity contribution in [3.8, 4) is 0 Å². The van der Waals surface area contributed by atoms with Crippen molar-refractivity contribution in [3.05, 3.63) is 53.6 Å². The molecule has 1 N–H and O–H groups in total. The third-order valence-corrected chi connectivity index (χ3v) is 3.09. The molecule has 0 amide bonds. The van der Waals surface area contributed by atoms with Crippen LogP contribution in [0, 0.1) is 4.51 Å². The van der Waals surface area contributed by atoms with E-state index >= 15 is 0 Å². The average Bonchev–Trinajstić information content (AvgIpc) is 2.31. The maximum absolute atomic E-state index is 5.52. The van der Waals surface area contributed by atoms with Gasteiger partial charge in [-0.15, -0.1) is 0 Å². The van der Waals surface area contributed by atoms with E-state index in [1.165, 1.54) is 11.8 Å². The van der Waals surface area contributed by atoms with Gasteiger partial charge in [0.25, 0.3) is 0 Å². The number of aromatic amines is 1. The molecular formula is C11H10Cl2N2S2. The highest BCUT2D eigenvalue weighted by Gasteiger charge is 1.99. The first-order valence-electron chi connectivity index (χ1n) is 4.66. The fourth-order valence-electron chi connectivity index (χ4n) is 0.891. The number of alkyl halides is 2. The van der Waals surface area contributed by atoms with Crippen LogP contribution in [0.3, 0.4) is 0 Å². The van der Waals surface area contributed by atoms with E-state index in [0.29, 0.717) is 0 Å². The summed E-state index contributed by atoms with van der Waals surface area (Å²) in [6.07, 6.45) is 7.03. The molecule has 0 radical (unpaired) electrons. The van der Waals surface area contributed by atoms with Gasteiger partial charge in [-0.25, -0.2) is 0 Å². The monoisotopic (exact) mass is 304 g/mol. The van der Waals surface area contributed by atoms with Gasteiger partial charge in [-0.05, 0) is 24.3 Å². The highest BCUT2D eigenvalue weighted by atomic mass is 35.5. The highest BCUT2D eigenvalue weighted by molar-refractivity contribution is 8.02. The van der Waals surface area contributed by atoms with E-state index in [4.69, 9.17) is 35.4 Å². The van der Waals surface area contributed by atoms with Crippen molar-refractivity contribution in [1.29, 1.82) is 0 Å². The molecule has 6 heteroatoms. The maximum Gasteiger partial charge on any atom is 0.157 e. The van der Waals surface area contributed by atoms with Gasteiger partial charge in [-0.2, -0.15) is 0 Å². The molecular weight excluding hydrogens is 295 g/mol. The Kier molecular flexibility index (Phi) is 7.28. The molecule has 2 aromatic rings. The number of aromatic nitrogens is 2. The Bertz CT molecular complexity index is 457. The van der Waals surface area contributed by atoms with E-state index in [-0.39, 0.29) is 0 Å². The number of nitrogens with zero attached hydrogens (tertiary/aromatic N) is 1. The lowest BCUT2D eigenvalue weighted by atomic mass is 10.5. The number of halogens is 2. The Balaban J connectivity index is 0.000000181. The SMILES string of the molecule is ClC(Cl)Sc1ccncc1.S=c1cc[nH]cc1. The number of hydrogen-bond donors (Lipinski definition) is 1. The molecule has 0 atom stereocenters. The van der Waals surface area contributed by atoms with Crippen LogP contribution in [0.25, 0.3) is 0 Å². The Morgan fingerprint density at radius 1 is 1.12 bits per heavy atom. The number of pyridine rings is 2. The van der Waals surface area contributed by atoms with Gasteiger partial charge in [-0.3, -0.25) is 4.98 Å². The highest BCUT2D eigenvalue weighted by Crippen LogP contribution is 2.27. The molecule has 0 aromatic carbocycles. The van der Waals surface area contributed by atoms with Crippen molar-refractivity contribution in [2.75, 3.05) is 0 Å². The number of hydrogen-bond acceptors (Lipinski definition) is 3. The minimum Gasteiger partial charge on any atom is -0.368 e. The van der Waals surface area contributed by atoms with E-state index in [0.717, 1.165) is 9.41 Å². The third-order valence-electron chi connectivity index (χ3n) is 1.56. The average molecular weight is 305 g/mol. The van der Waals surface area contributed by atoms with Crippen molar-refractivity contribution < 1.29 is 0 Å². The first-order valence-corrected chi connectivity index (χ1v) is 6.82. The summed E-state index contributed by atoms with van der Waals surface area (Å²) in [5, 5.41) is 0. The number of nitrogens with one attached hydrogen (secondary N) is 1. The Morgan fingerprint density at radius 2 is 1.71 bits per heavy atom. The molecule has 0 saturated heterocycles. The van der Waals surface area contributed by atoms with Gasteiger partial charge in [-0.1, -0.05) is 47.2 Å². The van der Waals surface area contributed by atoms with Gasteiger partial charge in [0.1, 0.15) is 0 Å². The van der Waals surface area contributed by atoms with Crippen LogP contribution in [-0.4, -0.2) is 14.1 Å². The zero-order valence-corrected chi connectivity index (χ0v) is 11.9. The molecule has 0 fully saturated rings. The molecule has 0 spiro atoms. The number of thioether (sulfide) groups is 1. The topological polar surface area (TPSA) is 28.7 Å². The molecule has 17 heavy (non-hydrogen) atoms. The lowest BCUT2D eigenvalue weighted by molar-refractivity contribution is 1.26. The lowest BCUT2D eigenvalue weighted by Gasteiger charge is -1.98. The lowest BCUT2D eigenvalue weighted by Crippen LogP contribution is -1.77. The van der Waals surface area contributed by atoms with Gasteiger partial charge in [0.05, 0.1) is 0 Å². The van der Waals surface area contributed by atoms with Crippen LogP contribution >= 0.6 is 47.2 Å². The van der Waals surface area contributed by atoms with Crippen LogP contribution in [-0.2, 0) is 0 Å². The first kappa shape index (κ1) is 14.5. The van der Waals surface area contributed by atoms with Gasteiger partial charge in [0.15, 0.2) is 4.17 Å². The van der Waals surface area contributed by atoms with Crippen LogP contribution in [0.4, 0.5) is 0 Å². The van der Waals surface area contributed by atoms with E-state index in [1.54, 1.807) is 12.4 Å². The quantitative estimate of drug-likeness (QED) is 0.496. The van der Waals surface area contributed by atoms with Crippen LogP contribution in [0.2, 0.25) is 0 Å². The predicted molar refractivity (Wildman–Crippen MR) is 77.2 cm³/mol. The normalized spacial score (nSPS) is 9.59. The fraction of sp³-hybridized carbons (Fsp3) is 0.0909. The van der Waals surface area contributed by atoms with E-state index in [9.17, 15) is 0 Å². The summed E-state index contributed by atoms with van der Waals surface area (Å²) in [7, 11) is 0. The van der Waals surface area contributed by atoms with Crippen molar-refractivity contribution >= 4 is 47.2 Å². The predicted octanol–water partition coefficient (Wildman–Crippen LogP) is 4.68. The van der Waals surface area contributed by atoms with Crippen molar-refractivity contribution in [2.24, 2.45) is 0 Å². The molecule has 2 rings (SSSR count). The summed E-state index contributed by atoms with van der Waals surface area (Å²) in [5.74, 6) is 0. The van der Waals surface area contributed by atoms with Crippen LogP contribution in [0.15, 0.2) is 53.9 Å². The maximum atomic E-state index is 5.52. The molecule has 2 nitrogen and oxygen atoms in total. The summed E-state index contributed by atoms with van der Waals surface area (Å²) in [5.41, 5.74) is 0. The molecule has 0 unspecified atom stereocenters. The fourth-order valence-corrected chi connectivity index (χ4v) is 2.13. The van der Waals surface area contributed by atoms with Gasteiger partial charge >= 0.3 is 0 Å².